The van der Waals surface area contributed by atoms with Crippen LogP contribution in [0.15, 0.2) is 24.5 Å². The lowest BCUT2D eigenvalue weighted by atomic mass is 9.95. The van der Waals surface area contributed by atoms with Gasteiger partial charge in [-0.25, -0.2) is 8.78 Å². The molecular weight excluding hydrogens is 232 g/mol. The van der Waals surface area contributed by atoms with Crippen LogP contribution in [0, 0.1) is 5.82 Å². The molecule has 0 saturated heterocycles. The lowest BCUT2D eigenvalue weighted by Crippen LogP contribution is -1.97. The number of pyridine rings is 1. The van der Waals surface area contributed by atoms with Crippen LogP contribution < -0.4 is 0 Å². The van der Waals surface area contributed by atoms with E-state index in [1.54, 1.807) is 18.5 Å². The molecule has 2 rings (SSSR count). The molecule has 1 aromatic carbocycles. The molecule has 0 radical (unpaired) electrons. The highest BCUT2D eigenvalue weighted by Gasteiger charge is 2.13. The number of halogens is 2. The maximum atomic E-state index is 13.5. The molecule has 0 saturated carbocycles. The first-order chi connectivity index (χ1) is 8.65. The lowest BCUT2D eigenvalue weighted by molar-refractivity contribution is 0.467. The second-order valence-corrected chi connectivity index (χ2v) is 4.14. The summed E-state index contributed by atoms with van der Waals surface area (Å²) in [5.41, 5.74) is 1.04. The standard InChI is InChI=1S/C13H13F2N.C2H6/c1-8(2)11-7-16-6-9-3-4-12(15)10(5-14)13(9)11;1-2/h3-4,6-8H,5H2,1-2H3;1-2H3. The Morgan fingerprint density at radius 3 is 2.39 bits per heavy atom. The van der Waals surface area contributed by atoms with Gasteiger partial charge in [0.05, 0.1) is 0 Å². The Bertz CT molecular complexity index is 521. The second-order valence-electron chi connectivity index (χ2n) is 4.14. The highest BCUT2D eigenvalue weighted by Crippen LogP contribution is 2.29. The molecule has 0 N–H and O–H groups in total. The van der Waals surface area contributed by atoms with Crippen molar-refractivity contribution in [2.24, 2.45) is 0 Å². The summed E-state index contributed by atoms with van der Waals surface area (Å²) in [4.78, 5) is 4.09. The van der Waals surface area contributed by atoms with E-state index in [0.717, 1.165) is 10.9 Å². The van der Waals surface area contributed by atoms with E-state index >= 15 is 0 Å². The van der Waals surface area contributed by atoms with E-state index in [1.807, 2.05) is 27.7 Å². The molecule has 2 aromatic rings. The van der Waals surface area contributed by atoms with Crippen LogP contribution in [0.25, 0.3) is 10.8 Å². The molecule has 0 amide bonds. The summed E-state index contributed by atoms with van der Waals surface area (Å²) >= 11 is 0. The Labute approximate surface area is 107 Å². The zero-order valence-corrected chi connectivity index (χ0v) is 11.3. The molecule has 0 aliphatic carbocycles. The van der Waals surface area contributed by atoms with Gasteiger partial charge in [0, 0.05) is 23.3 Å². The third-order valence-electron chi connectivity index (χ3n) is 2.76. The van der Waals surface area contributed by atoms with E-state index in [-0.39, 0.29) is 11.5 Å². The second kappa shape index (κ2) is 6.43. The van der Waals surface area contributed by atoms with Gasteiger partial charge < -0.3 is 0 Å². The topological polar surface area (TPSA) is 12.9 Å². The van der Waals surface area contributed by atoms with Crippen LogP contribution in [0.3, 0.4) is 0 Å². The van der Waals surface area contributed by atoms with Crippen LogP contribution in [0.1, 0.15) is 44.7 Å². The van der Waals surface area contributed by atoms with E-state index in [1.165, 1.54) is 6.07 Å². The molecular formula is C15H19F2N. The number of aromatic nitrogens is 1. The summed E-state index contributed by atoms with van der Waals surface area (Å²) in [7, 11) is 0. The molecule has 18 heavy (non-hydrogen) atoms. The summed E-state index contributed by atoms with van der Waals surface area (Å²) in [5.74, 6) is -0.286. The number of nitrogens with zero attached hydrogens (tertiary/aromatic N) is 1. The molecule has 1 aromatic heterocycles. The van der Waals surface area contributed by atoms with Crippen molar-refractivity contribution in [3.63, 3.8) is 0 Å². The predicted molar refractivity (Wildman–Crippen MR) is 72.0 cm³/mol. The molecule has 1 nitrogen and oxygen atoms in total. The van der Waals surface area contributed by atoms with Crippen LogP contribution in [-0.2, 0) is 6.67 Å². The minimum Gasteiger partial charge on any atom is -0.264 e. The van der Waals surface area contributed by atoms with Gasteiger partial charge in [0.25, 0.3) is 0 Å². The van der Waals surface area contributed by atoms with Crippen LogP contribution in [-0.4, -0.2) is 4.98 Å². The number of alkyl halides is 1. The van der Waals surface area contributed by atoms with E-state index in [9.17, 15) is 8.78 Å². The molecule has 3 heteroatoms. The number of hydrogen-bond donors (Lipinski definition) is 0. The molecule has 0 bridgehead atoms. The Hall–Kier alpha value is -1.51. The Morgan fingerprint density at radius 2 is 1.83 bits per heavy atom. The van der Waals surface area contributed by atoms with Gasteiger partial charge in [-0.05, 0) is 29.0 Å². The van der Waals surface area contributed by atoms with Gasteiger partial charge >= 0.3 is 0 Å². The molecule has 0 atom stereocenters. The third kappa shape index (κ3) is 2.66. The van der Waals surface area contributed by atoms with Gasteiger partial charge in [-0.15, -0.1) is 0 Å². The summed E-state index contributed by atoms with van der Waals surface area (Å²) in [5, 5.41) is 1.47. The molecule has 0 aliphatic heterocycles. The quantitative estimate of drug-likeness (QED) is 0.732. The van der Waals surface area contributed by atoms with Crippen molar-refractivity contribution in [3.8, 4) is 0 Å². The first-order valence-corrected chi connectivity index (χ1v) is 6.26. The summed E-state index contributed by atoms with van der Waals surface area (Å²) < 4.78 is 26.4. The van der Waals surface area contributed by atoms with Crippen molar-refractivity contribution in [2.75, 3.05) is 0 Å². The molecule has 98 valence electrons. The minimum absolute atomic E-state index is 0.142. The first kappa shape index (κ1) is 14.6. The van der Waals surface area contributed by atoms with Gasteiger partial charge in [-0.1, -0.05) is 27.7 Å². The minimum atomic E-state index is -0.785. The highest BCUT2D eigenvalue weighted by molar-refractivity contribution is 5.88. The molecule has 0 fully saturated rings. The molecule has 0 aliphatic rings. The van der Waals surface area contributed by atoms with Crippen LogP contribution >= 0.6 is 0 Å². The largest absolute Gasteiger partial charge is 0.264 e. The van der Waals surface area contributed by atoms with Gasteiger partial charge in [0.15, 0.2) is 0 Å². The third-order valence-corrected chi connectivity index (χ3v) is 2.76. The SMILES string of the molecule is CC.CC(C)c1cncc2ccc(F)c(CF)c12. The fourth-order valence-corrected chi connectivity index (χ4v) is 1.92. The van der Waals surface area contributed by atoms with Crippen molar-refractivity contribution >= 4 is 10.8 Å². The molecule has 0 spiro atoms. The van der Waals surface area contributed by atoms with Crippen LogP contribution in [0.4, 0.5) is 8.78 Å². The van der Waals surface area contributed by atoms with Crippen molar-refractivity contribution in [1.82, 2.24) is 4.98 Å². The molecule has 0 unspecified atom stereocenters. The maximum absolute atomic E-state index is 13.5. The van der Waals surface area contributed by atoms with E-state index < -0.39 is 12.5 Å². The average Bonchev–Trinajstić information content (AvgIpc) is 2.40. The predicted octanol–water partition coefficient (Wildman–Crippen LogP) is 4.99. The first-order valence-electron chi connectivity index (χ1n) is 6.26. The number of fused-ring (bicyclic) bond motifs is 1. The maximum Gasteiger partial charge on any atom is 0.129 e. The Balaban J connectivity index is 0.000000771. The zero-order chi connectivity index (χ0) is 13.7. The number of rotatable bonds is 2. The van der Waals surface area contributed by atoms with Gasteiger partial charge in [0.2, 0.25) is 0 Å². The van der Waals surface area contributed by atoms with Gasteiger partial charge in [-0.3, -0.25) is 4.98 Å². The van der Waals surface area contributed by atoms with E-state index in [0.29, 0.717) is 5.39 Å². The number of benzene rings is 1. The van der Waals surface area contributed by atoms with E-state index in [4.69, 9.17) is 0 Å². The van der Waals surface area contributed by atoms with Gasteiger partial charge in [-0.2, -0.15) is 0 Å². The number of hydrogen-bond acceptors (Lipinski definition) is 1. The van der Waals surface area contributed by atoms with Crippen molar-refractivity contribution in [2.45, 2.75) is 40.3 Å². The van der Waals surface area contributed by atoms with Crippen molar-refractivity contribution in [1.29, 1.82) is 0 Å². The van der Waals surface area contributed by atoms with Crippen molar-refractivity contribution < 1.29 is 8.78 Å². The normalized spacial score (nSPS) is 10.4. The highest BCUT2D eigenvalue weighted by atomic mass is 19.1. The Kier molecular flexibility index (Phi) is 5.20. The van der Waals surface area contributed by atoms with Crippen LogP contribution in [0.5, 0.6) is 0 Å². The van der Waals surface area contributed by atoms with Gasteiger partial charge in [0.1, 0.15) is 12.5 Å². The molecule has 1 heterocycles. The monoisotopic (exact) mass is 251 g/mol. The fourth-order valence-electron chi connectivity index (χ4n) is 1.92. The average molecular weight is 251 g/mol. The summed E-state index contributed by atoms with van der Waals surface area (Å²) in [6, 6.07) is 2.94. The Morgan fingerprint density at radius 1 is 1.17 bits per heavy atom. The van der Waals surface area contributed by atoms with Crippen molar-refractivity contribution in [3.05, 3.63) is 41.5 Å². The smallest absolute Gasteiger partial charge is 0.129 e. The fraction of sp³-hybridized carbons (Fsp3) is 0.400. The lowest BCUT2D eigenvalue weighted by Gasteiger charge is -2.12. The van der Waals surface area contributed by atoms with E-state index in [2.05, 4.69) is 4.98 Å². The summed E-state index contributed by atoms with van der Waals surface area (Å²) in [6.07, 6.45) is 3.32. The summed E-state index contributed by atoms with van der Waals surface area (Å²) in [6.45, 7) is 7.19. The van der Waals surface area contributed by atoms with Crippen LogP contribution in [0.2, 0.25) is 0 Å². The zero-order valence-electron chi connectivity index (χ0n) is 11.3.